The molecule has 0 spiro atoms. The minimum absolute atomic E-state index is 0.168. The quantitative estimate of drug-likeness (QED) is 0.246. The molecule has 0 aromatic carbocycles. The molecule has 0 fully saturated rings. The summed E-state index contributed by atoms with van der Waals surface area (Å²) in [7, 11) is 1.82. The van der Waals surface area contributed by atoms with Gasteiger partial charge in [0.25, 0.3) is 0 Å². The monoisotopic (exact) mass is 463 g/mol. The molecule has 1 aromatic heterocycles. The van der Waals surface area contributed by atoms with Crippen molar-refractivity contribution in [3.63, 3.8) is 0 Å². The average molecular weight is 464 g/mol. The third-order valence-electron chi connectivity index (χ3n) is 8.08. The molecule has 0 aliphatic carbocycles. The number of thiazole rings is 1. The number of ether oxygens (including phenoxy) is 1. The highest BCUT2D eigenvalue weighted by molar-refractivity contribution is 7.09. The molecule has 1 rings (SSSR count). The lowest BCUT2D eigenvalue weighted by atomic mass is 9.67. The van der Waals surface area contributed by atoms with Gasteiger partial charge in [0.2, 0.25) is 0 Å². The van der Waals surface area contributed by atoms with Crippen LogP contribution in [0.2, 0.25) is 0 Å². The van der Waals surface area contributed by atoms with Crippen LogP contribution >= 0.6 is 11.3 Å². The highest BCUT2D eigenvalue weighted by Crippen LogP contribution is 2.38. The van der Waals surface area contributed by atoms with Gasteiger partial charge < -0.3 is 9.53 Å². The molecule has 0 aliphatic heterocycles. The van der Waals surface area contributed by atoms with E-state index in [0.29, 0.717) is 29.6 Å². The van der Waals surface area contributed by atoms with Gasteiger partial charge in [-0.3, -0.25) is 0 Å². The molecule has 0 radical (unpaired) electrons. The maximum atomic E-state index is 11.5. The van der Waals surface area contributed by atoms with Crippen LogP contribution < -0.4 is 0 Å². The molecule has 0 N–H and O–H groups in total. The van der Waals surface area contributed by atoms with Crippen molar-refractivity contribution in [3.05, 3.63) is 21.7 Å². The van der Waals surface area contributed by atoms with Crippen LogP contribution in [-0.4, -0.2) is 24.5 Å². The van der Waals surface area contributed by atoms with Crippen LogP contribution in [0.5, 0.6) is 0 Å². The summed E-state index contributed by atoms with van der Waals surface area (Å²) in [5.74, 6) is 2.95. The van der Waals surface area contributed by atoms with Gasteiger partial charge in [-0.25, -0.2) is 4.98 Å². The van der Waals surface area contributed by atoms with Crippen molar-refractivity contribution in [2.75, 3.05) is 7.11 Å². The Morgan fingerprint density at radius 3 is 2.28 bits per heavy atom. The number of carbonyl (C=O) groups excluding carboxylic acids is 1. The van der Waals surface area contributed by atoms with Crippen molar-refractivity contribution in [1.82, 2.24) is 4.98 Å². The van der Waals surface area contributed by atoms with Gasteiger partial charge in [0.05, 0.1) is 16.8 Å². The van der Waals surface area contributed by atoms with Crippen molar-refractivity contribution in [3.8, 4) is 0 Å². The smallest absolute Gasteiger partial charge is 0.125 e. The number of methoxy groups -OCH3 is 1. The van der Waals surface area contributed by atoms with E-state index < -0.39 is 0 Å². The Morgan fingerprint density at radius 1 is 1.09 bits per heavy atom. The second-order valence-corrected chi connectivity index (χ2v) is 12.0. The standard InChI is InChI=1S/C28H49NO2S/c1-19(14-15-27(31-10)21(3)16-26-17-32-25(7)29-26)12-11-13-20(2)22(4)23(5)24(6)28(8,9)18-30/h16-20,22-24,27H,11-15H2,1-10H3/b21-16+/t19?,20-,22-,23+,24+,27-/m0/s1. The molecule has 32 heavy (non-hydrogen) atoms. The van der Waals surface area contributed by atoms with Crippen LogP contribution in [-0.2, 0) is 9.53 Å². The molecule has 0 amide bonds. The summed E-state index contributed by atoms with van der Waals surface area (Å²) in [4.78, 5) is 16.0. The Kier molecular flexibility index (Phi) is 12.4. The number of aromatic nitrogens is 1. The lowest BCUT2D eigenvalue weighted by molar-refractivity contribution is -0.118. The molecule has 1 aromatic rings. The summed E-state index contributed by atoms with van der Waals surface area (Å²) < 4.78 is 5.78. The highest BCUT2D eigenvalue weighted by Gasteiger charge is 2.33. The molecule has 0 saturated heterocycles. The van der Waals surface area contributed by atoms with Crippen molar-refractivity contribution in [2.45, 2.75) is 101 Å². The lowest BCUT2D eigenvalue weighted by Gasteiger charge is -2.37. The van der Waals surface area contributed by atoms with Crippen LogP contribution in [0.15, 0.2) is 11.0 Å². The van der Waals surface area contributed by atoms with E-state index in [0.717, 1.165) is 23.4 Å². The SMILES string of the molecule is CO[C@@H](CCC(C)CCC[C@H](C)[C@H](C)[C@@H](C)[C@@H](C)C(C)(C)C=O)/C(C)=C/c1csc(C)n1. The molecule has 1 unspecified atom stereocenters. The van der Waals surface area contributed by atoms with Gasteiger partial charge in [0, 0.05) is 17.9 Å². The van der Waals surface area contributed by atoms with Gasteiger partial charge in [0.15, 0.2) is 0 Å². The highest BCUT2D eigenvalue weighted by atomic mass is 32.1. The zero-order valence-electron chi connectivity index (χ0n) is 22.4. The molecule has 0 saturated carbocycles. The van der Waals surface area contributed by atoms with Gasteiger partial charge >= 0.3 is 0 Å². The maximum Gasteiger partial charge on any atom is 0.125 e. The summed E-state index contributed by atoms with van der Waals surface area (Å²) in [5.41, 5.74) is 2.06. The van der Waals surface area contributed by atoms with Crippen molar-refractivity contribution in [2.24, 2.45) is 35.0 Å². The fourth-order valence-electron chi connectivity index (χ4n) is 4.69. The van der Waals surface area contributed by atoms with E-state index in [4.69, 9.17) is 4.74 Å². The molecule has 6 atom stereocenters. The van der Waals surface area contributed by atoms with E-state index in [2.05, 4.69) is 71.8 Å². The predicted molar refractivity (Wildman–Crippen MR) is 140 cm³/mol. The summed E-state index contributed by atoms with van der Waals surface area (Å²) in [5, 5.41) is 3.21. The number of rotatable bonds is 15. The average Bonchev–Trinajstić information content (AvgIpc) is 3.16. The molecular formula is C28H49NO2S. The Balaban J connectivity index is 2.44. The maximum absolute atomic E-state index is 11.5. The number of hydrogen-bond donors (Lipinski definition) is 0. The van der Waals surface area contributed by atoms with Crippen LogP contribution in [0.25, 0.3) is 6.08 Å². The van der Waals surface area contributed by atoms with Crippen LogP contribution in [0.3, 0.4) is 0 Å². The second-order valence-electron chi connectivity index (χ2n) is 10.9. The zero-order valence-corrected chi connectivity index (χ0v) is 23.2. The normalized spacial score (nSPS) is 18.6. The Labute approximate surface area is 202 Å². The summed E-state index contributed by atoms with van der Waals surface area (Å²) >= 11 is 1.69. The van der Waals surface area contributed by atoms with Crippen molar-refractivity contribution >= 4 is 23.7 Å². The number of aryl methyl sites for hydroxylation is 1. The second kappa shape index (κ2) is 13.6. The molecule has 1 heterocycles. The van der Waals surface area contributed by atoms with Crippen LogP contribution in [0, 0.1) is 41.9 Å². The third kappa shape index (κ3) is 9.09. The number of carbonyl (C=O) groups is 1. The molecule has 3 nitrogen and oxygen atoms in total. The minimum atomic E-state index is -0.245. The van der Waals surface area contributed by atoms with Crippen LogP contribution in [0.4, 0.5) is 0 Å². The molecule has 4 heteroatoms. The van der Waals surface area contributed by atoms with E-state index in [-0.39, 0.29) is 11.5 Å². The van der Waals surface area contributed by atoms with E-state index in [1.54, 1.807) is 11.3 Å². The molecule has 0 bridgehead atoms. The van der Waals surface area contributed by atoms with Crippen molar-refractivity contribution < 1.29 is 9.53 Å². The van der Waals surface area contributed by atoms with E-state index in [9.17, 15) is 4.79 Å². The summed E-state index contributed by atoms with van der Waals surface area (Å²) in [6, 6.07) is 0. The Morgan fingerprint density at radius 2 is 1.75 bits per heavy atom. The van der Waals surface area contributed by atoms with Crippen LogP contribution in [0.1, 0.15) is 98.2 Å². The minimum Gasteiger partial charge on any atom is -0.377 e. The fourth-order valence-corrected chi connectivity index (χ4v) is 5.26. The first-order valence-electron chi connectivity index (χ1n) is 12.5. The Bertz CT molecular complexity index is 708. The summed E-state index contributed by atoms with van der Waals surface area (Å²) in [6.45, 7) is 20.0. The van der Waals surface area contributed by atoms with E-state index in [1.165, 1.54) is 31.3 Å². The molecule has 184 valence electrons. The fraction of sp³-hybridized carbons (Fsp3) is 0.786. The molecular weight excluding hydrogens is 414 g/mol. The first-order chi connectivity index (χ1) is 14.9. The van der Waals surface area contributed by atoms with Crippen molar-refractivity contribution in [1.29, 1.82) is 0 Å². The summed E-state index contributed by atoms with van der Waals surface area (Å²) in [6.07, 6.45) is 9.52. The number of hydrogen-bond acceptors (Lipinski definition) is 4. The Hall–Kier alpha value is -1.00. The van der Waals surface area contributed by atoms with E-state index in [1.807, 2.05) is 14.0 Å². The van der Waals surface area contributed by atoms with Gasteiger partial charge in [-0.15, -0.1) is 11.3 Å². The number of nitrogens with zero attached hydrogens (tertiary/aromatic N) is 1. The van der Waals surface area contributed by atoms with Gasteiger partial charge in [-0.05, 0) is 67.9 Å². The van der Waals surface area contributed by atoms with E-state index >= 15 is 0 Å². The van der Waals surface area contributed by atoms with Gasteiger partial charge in [-0.2, -0.15) is 0 Å². The first-order valence-corrected chi connectivity index (χ1v) is 13.4. The third-order valence-corrected chi connectivity index (χ3v) is 8.87. The first kappa shape index (κ1) is 29.0. The molecule has 0 aliphatic rings. The largest absolute Gasteiger partial charge is 0.377 e. The predicted octanol–water partition coefficient (Wildman–Crippen LogP) is 8.23. The van der Waals surface area contributed by atoms with Gasteiger partial charge in [-0.1, -0.05) is 67.7 Å². The number of aldehydes is 1. The van der Waals surface area contributed by atoms with Gasteiger partial charge in [0.1, 0.15) is 6.29 Å². The zero-order chi connectivity index (χ0) is 24.5. The lowest BCUT2D eigenvalue weighted by Crippen LogP contribution is -2.33. The topological polar surface area (TPSA) is 39.2 Å².